The first-order valence-corrected chi connectivity index (χ1v) is 9.40. The van der Waals surface area contributed by atoms with Gasteiger partial charge >= 0.3 is 6.18 Å². The highest BCUT2D eigenvalue weighted by atomic mass is 19.4. The largest absolute Gasteiger partial charge is 0.449 e. The molecule has 0 spiro atoms. The van der Waals surface area contributed by atoms with Gasteiger partial charge < -0.3 is 14.2 Å². The van der Waals surface area contributed by atoms with Crippen LogP contribution >= 0.6 is 0 Å². The van der Waals surface area contributed by atoms with E-state index in [1.807, 2.05) is 6.92 Å². The number of halogens is 4. The van der Waals surface area contributed by atoms with E-state index in [0.717, 1.165) is 10.6 Å². The van der Waals surface area contributed by atoms with E-state index in [4.69, 9.17) is 4.74 Å². The number of alkyl halides is 3. The first-order valence-electron chi connectivity index (χ1n) is 9.40. The van der Waals surface area contributed by atoms with Crippen LogP contribution in [-0.4, -0.2) is 46.2 Å². The molecule has 1 aromatic heterocycles. The topological polar surface area (TPSA) is 47.4 Å². The summed E-state index contributed by atoms with van der Waals surface area (Å²) in [6.07, 6.45) is -4.74. The van der Waals surface area contributed by atoms with E-state index in [2.05, 4.69) is 4.98 Å². The lowest BCUT2D eigenvalue weighted by atomic mass is 10.0. The number of hydrogen-bond acceptors (Lipinski definition) is 3. The van der Waals surface area contributed by atoms with Crippen molar-refractivity contribution in [3.63, 3.8) is 0 Å². The summed E-state index contributed by atoms with van der Waals surface area (Å²) in [5.74, 6) is -2.20. The Morgan fingerprint density at radius 2 is 2.00 bits per heavy atom. The van der Waals surface area contributed by atoms with E-state index in [0.29, 0.717) is 30.8 Å². The van der Waals surface area contributed by atoms with Gasteiger partial charge in [0.15, 0.2) is 0 Å². The quantitative estimate of drug-likeness (QED) is 0.581. The molecule has 0 bridgehead atoms. The standard InChI is InChI=1S/C21H19F4N3O2/c1-12-11-28(8-9-30-12)19(29)15-7-6-13(10-16(15)22)14-4-3-5-17-18(14)26-20(27(17)2)21(23,24)25/h3-7,10,12H,8-9,11H2,1-2H3/t12-/m0/s1. The normalized spacial score (nSPS) is 17.5. The Labute approximate surface area is 169 Å². The summed E-state index contributed by atoms with van der Waals surface area (Å²) in [5.41, 5.74) is 1.01. The number of morpholine rings is 1. The van der Waals surface area contributed by atoms with E-state index in [1.54, 1.807) is 12.1 Å². The van der Waals surface area contributed by atoms with Gasteiger partial charge in [-0.1, -0.05) is 18.2 Å². The second-order valence-electron chi connectivity index (χ2n) is 7.29. The average molecular weight is 421 g/mol. The van der Waals surface area contributed by atoms with Crippen LogP contribution in [0.3, 0.4) is 0 Å². The lowest BCUT2D eigenvalue weighted by Crippen LogP contribution is -2.44. The number of imidazole rings is 1. The van der Waals surface area contributed by atoms with Gasteiger partial charge in [0.25, 0.3) is 5.91 Å². The van der Waals surface area contributed by atoms with Gasteiger partial charge in [0.2, 0.25) is 5.82 Å². The van der Waals surface area contributed by atoms with E-state index >= 15 is 0 Å². The zero-order valence-corrected chi connectivity index (χ0v) is 16.3. The van der Waals surface area contributed by atoms with Gasteiger partial charge in [-0.15, -0.1) is 0 Å². The number of ether oxygens (including phenoxy) is 1. The van der Waals surface area contributed by atoms with Crippen LogP contribution in [0.5, 0.6) is 0 Å². The number of benzene rings is 2. The summed E-state index contributed by atoms with van der Waals surface area (Å²) in [4.78, 5) is 18.0. The number of para-hydroxylation sites is 1. The van der Waals surface area contributed by atoms with Crippen molar-refractivity contribution < 1.29 is 27.1 Å². The molecule has 1 aliphatic rings. The minimum absolute atomic E-state index is 0.0861. The molecule has 1 fully saturated rings. The minimum atomic E-state index is -4.61. The van der Waals surface area contributed by atoms with Crippen molar-refractivity contribution >= 4 is 16.9 Å². The Hall–Kier alpha value is -2.94. The molecule has 0 unspecified atom stereocenters. The van der Waals surface area contributed by atoms with Gasteiger partial charge in [-0.2, -0.15) is 13.2 Å². The number of carbonyl (C=O) groups is 1. The second kappa shape index (κ2) is 7.39. The fraction of sp³-hybridized carbons (Fsp3) is 0.333. The van der Waals surface area contributed by atoms with Crippen LogP contribution in [0.2, 0.25) is 0 Å². The van der Waals surface area contributed by atoms with Gasteiger partial charge in [-0.3, -0.25) is 4.79 Å². The molecule has 9 heteroatoms. The predicted octanol–water partition coefficient (Wildman–Crippen LogP) is 4.26. The molecule has 30 heavy (non-hydrogen) atoms. The number of rotatable bonds is 2. The summed E-state index contributed by atoms with van der Waals surface area (Å²) in [5, 5.41) is 0. The van der Waals surface area contributed by atoms with Crippen molar-refractivity contribution in [3.8, 4) is 11.1 Å². The zero-order valence-electron chi connectivity index (χ0n) is 16.3. The van der Waals surface area contributed by atoms with Gasteiger partial charge in [0.1, 0.15) is 5.82 Å². The van der Waals surface area contributed by atoms with E-state index in [1.165, 1.54) is 30.1 Å². The Bertz CT molecular complexity index is 1120. The first-order chi connectivity index (χ1) is 14.2. The molecule has 2 aromatic carbocycles. The third kappa shape index (κ3) is 3.54. The van der Waals surface area contributed by atoms with Crippen molar-refractivity contribution in [3.05, 3.63) is 53.6 Å². The van der Waals surface area contributed by atoms with E-state index in [-0.39, 0.29) is 22.7 Å². The molecule has 0 saturated carbocycles. The number of nitrogens with zero attached hydrogens (tertiary/aromatic N) is 3. The summed E-state index contributed by atoms with van der Waals surface area (Å²) >= 11 is 0. The average Bonchev–Trinajstić information content (AvgIpc) is 3.05. The third-order valence-electron chi connectivity index (χ3n) is 5.20. The van der Waals surface area contributed by atoms with Gasteiger partial charge in [0, 0.05) is 25.7 Å². The van der Waals surface area contributed by atoms with Crippen LogP contribution in [0, 0.1) is 5.82 Å². The monoisotopic (exact) mass is 421 g/mol. The molecule has 5 nitrogen and oxygen atoms in total. The summed E-state index contributed by atoms with van der Waals surface area (Å²) in [6.45, 7) is 2.96. The smallest absolute Gasteiger partial charge is 0.375 e. The molecule has 4 rings (SSSR count). The zero-order chi connectivity index (χ0) is 21.6. The highest BCUT2D eigenvalue weighted by Crippen LogP contribution is 2.35. The molecule has 1 saturated heterocycles. The fourth-order valence-corrected chi connectivity index (χ4v) is 3.73. The second-order valence-corrected chi connectivity index (χ2v) is 7.29. The first kappa shape index (κ1) is 20.3. The molecule has 1 atom stereocenters. The van der Waals surface area contributed by atoms with Crippen LogP contribution in [0.1, 0.15) is 23.1 Å². The summed E-state index contributed by atoms with van der Waals surface area (Å²) in [6, 6.07) is 8.74. The molecule has 1 aliphatic heterocycles. The van der Waals surface area contributed by atoms with Crippen LogP contribution in [0.4, 0.5) is 17.6 Å². The molecule has 0 radical (unpaired) electrons. The predicted molar refractivity (Wildman–Crippen MR) is 102 cm³/mol. The van der Waals surface area contributed by atoms with Gasteiger partial charge in [-0.25, -0.2) is 9.37 Å². The summed E-state index contributed by atoms with van der Waals surface area (Å²) in [7, 11) is 1.29. The number of hydrogen-bond donors (Lipinski definition) is 0. The van der Waals surface area contributed by atoms with Crippen molar-refractivity contribution in [2.24, 2.45) is 7.05 Å². The molecular formula is C21H19F4N3O2. The van der Waals surface area contributed by atoms with Gasteiger partial charge in [0.05, 0.1) is 29.3 Å². The van der Waals surface area contributed by atoms with Crippen molar-refractivity contribution in [2.45, 2.75) is 19.2 Å². The Morgan fingerprint density at radius 1 is 1.23 bits per heavy atom. The molecule has 158 valence electrons. The maximum atomic E-state index is 14.8. The molecule has 3 aromatic rings. The highest BCUT2D eigenvalue weighted by molar-refractivity contribution is 5.97. The van der Waals surface area contributed by atoms with Crippen LogP contribution in [-0.2, 0) is 18.0 Å². The van der Waals surface area contributed by atoms with Crippen LogP contribution in [0.25, 0.3) is 22.2 Å². The van der Waals surface area contributed by atoms with Crippen LogP contribution < -0.4 is 0 Å². The maximum Gasteiger partial charge on any atom is 0.449 e. The van der Waals surface area contributed by atoms with Crippen molar-refractivity contribution in [1.82, 2.24) is 14.5 Å². The molecule has 2 heterocycles. The Kier molecular flexibility index (Phi) is 5.01. The number of amides is 1. The van der Waals surface area contributed by atoms with E-state index < -0.39 is 23.7 Å². The number of aryl methyl sites for hydroxylation is 1. The van der Waals surface area contributed by atoms with Crippen molar-refractivity contribution in [2.75, 3.05) is 19.7 Å². The molecule has 0 aliphatic carbocycles. The number of fused-ring (bicyclic) bond motifs is 1. The molecular weight excluding hydrogens is 402 g/mol. The number of aromatic nitrogens is 2. The van der Waals surface area contributed by atoms with Crippen molar-refractivity contribution in [1.29, 1.82) is 0 Å². The highest BCUT2D eigenvalue weighted by Gasteiger charge is 2.37. The SMILES string of the molecule is C[C@H]1CN(C(=O)c2ccc(-c3cccc4c3nc(C(F)(F)F)n4C)cc2F)CCO1. The third-order valence-corrected chi connectivity index (χ3v) is 5.20. The molecule has 0 N–H and O–H groups in total. The minimum Gasteiger partial charge on any atom is -0.375 e. The lowest BCUT2D eigenvalue weighted by Gasteiger charge is -2.31. The Balaban J connectivity index is 1.73. The van der Waals surface area contributed by atoms with E-state index in [9.17, 15) is 22.4 Å². The fourth-order valence-electron chi connectivity index (χ4n) is 3.73. The maximum absolute atomic E-state index is 14.8. The summed E-state index contributed by atoms with van der Waals surface area (Å²) < 4.78 is 60.9. The Morgan fingerprint density at radius 3 is 2.67 bits per heavy atom. The van der Waals surface area contributed by atoms with Gasteiger partial charge in [-0.05, 0) is 30.7 Å². The van der Waals surface area contributed by atoms with Crippen LogP contribution in [0.15, 0.2) is 36.4 Å². The molecule has 1 amide bonds. The number of carbonyl (C=O) groups excluding carboxylic acids is 1. The lowest BCUT2D eigenvalue weighted by molar-refractivity contribution is -0.146.